The maximum atomic E-state index is 13.7. The van der Waals surface area contributed by atoms with Gasteiger partial charge in [0.2, 0.25) is 11.8 Å². The number of hydrogen-bond acceptors (Lipinski definition) is 3. The number of fused-ring (bicyclic) bond motifs is 4. The van der Waals surface area contributed by atoms with Gasteiger partial charge in [-0.05, 0) is 41.1 Å². The van der Waals surface area contributed by atoms with Crippen LogP contribution in [0.2, 0.25) is 0 Å². The van der Waals surface area contributed by atoms with E-state index in [1.807, 2.05) is 46.7 Å². The number of nitrogens with zero attached hydrogens (tertiary/aromatic N) is 2. The van der Waals surface area contributed by atoms with Crippen LogP contribution in [-0.4, -0.2) is 39.2 Å². The fourth-order valence-corrected chi connectivity index (χ4v) is 5.99. The number of nitrogens with one attached hydrogen (secondary N) is 1. The lowest BCUT2D eigenvalue weighted by atomic mass is 9.85. The molecule has 2 aromatic carbocycles. The molecule has 5 nitrogen and oxygen atoms in total. The second kappa shape index (κ2) is 7.35. The summed E-state index contributed by atoms with van der Waals surface area (Å²) < 4.78 is 0. The lowest BCUT2D eigenvalue weighted by Gasteiger charge is -2.47. The fraction of sp³-hybridized carbons (Fsp3) is 0.231. The third kappa shape index (κ3) is 2.90. The van der Waals surface area contributed by atoms with Gasteiger partial charge in [-0.25, -0.2) is 0 Å². The number of H-pyrrole nitrogens is 1. The van der Waals surface area contributed by atoms with Crippen molar-refractivity contribution < 1.29 is 9.59 Å². The maximum Gasteiger partial charge on any atom is 0.246 e. The SMILES string of the molecule is Cc1ccccc1[C@H]1c2[nH]c3ccccc3c2C[C@H]2C(=O)N(Cc3cccs3)CC(=O)N12. The van der Waals surface area contributed by atoms with E-state index in [1.54, 1.807) is 16.2 Å². The molecule has 0 aliphatic carbocycles. The molecule has 1 N–H and O–H groups in total. The number of benzene rings is 2. The zero-order chi connectivity index (χ0) is 21.8. The molecule has 6 rings (SSSR count). The highest BCUT2D eigenvalue weighted by molar-refractivity contribution is 7.09. The monoisotopic (exact) mass is 441 g/mol. The van der Waals surface area contributed by atoms with Crippen molar-refractivity contribution >= 4 is 34.1 Å². The number of carbonyl (C=O) groups excluding carboxylic acids is 2. The van der Waals surface area contributed by atoms with Crippen LogP contribution in [0, 0.1) is 6.92 Å². The summed E-state index contributed by atoms with van der Waals surface area (Å²) in [6, 6.07) is 19.6. The highest BCUT2D eigenvalue weighted by Gasteiger charge is 2.48. The van der Waals surface area contributed by atoms with Gasteiger partial charge >= 0.3 is 0 Å². The van der Waals surface area contributed by atoms with Crippen LogP contribution in [0.3, 0.4) is 0 Å². The van der Waals surface area contributed by atoms with Crippen molar-refractivity contribution in [3.63, 3.8) is 0 Å². The Balaban J connectivity index is 1.50. The molecule has 4 aromatic rings. The van der Waals surface area contributed by atoms with Crippen LogP contribution in [0.15, 0.2) is 66.0 Å². The molecule has 0 bridgehead atoms. The van der Waals surface area contributed by atoms with Gasteiger partial charge in [-0.1, -0.05) is 48.5 Å². The Morgan fingerprint density at radius 2 is 1.84 bits per heavy atom. The molecule has 0 spiro atoms. The predicted octanol–water partition coefficient (Wildman–Crippen LogP) is 4.42. The molecule has 160 valence electrons. The van der Waals surface area contributed by atoms with Gasteiger partial charge in [0.15, 0.2) is 0 Å². The van der Waals surface area contributed by atoms with Crippen LogP contribution in [-0.2, 0) is 22.6 Å². The molecule has 0 saturated carbocycles. The van der Waals surface area contributed by atoms with Crippen LogP contribution >= 0.6 is 11.3 Å². The first-order valence-electron chi connectivity index (χ1n) is 10.9. The lowest BCUT2D eigenvalue weighted by molar-refractivity contribution is -0.159. The minimum atomic E-state index is -0.493. The van der Waals surface area contributed by atoms with Gasteiger partial charge in [-0.2, -0.15) is 0 Å². The Bertz CT molecular complexity index is 1340. The number of hydrogen-bond donors (Lipinski definition) is 1. The van der Waals surface area contributed by atoms with E-state index in [1.165, 1.54) is 0 Å². The quantitative estimate of drug-likeness (QED) is 0.512. The topological polar surface area (TPSA) is 56.4 Å². The third-order valence-corrected chi connectivity index (χ3v) is 7.61. The molecule has 1 saturated heterocycles. The van der Waals surface area contributed by atoms with Crippen molar-refractivity contribution in [1.82, 2.24) is 14.8 Å². The molecular weight excluding hydrogens is 418 g/mol. The van der Waals surface area contributed by atoms with Crippen molar-refractivity contribution in [2.75, 3.05) is 6.54 Å². The summed E-state index contributed by atoms with van der Waals surface area (Å²) >= 11 is 1.62. The molecule has 4 heterocycles. The Kier molecular flexibility index (Phi) is 4.43. The number of aryl methyl sites for hydroxylation is 1. The Morgan fingerprint density at radius 1 is 1.03 bits per heavy atom. The number of amides is 2. The second-order valence-corrected chi connectivity index (χ2v) is 9.65. The van der Waals surface area contributed by atoms with Gasteiger partial charge < -0.3 is 14.8 Å². The number of para-hydroxylation sites is 1. The molecule has 2 atom stereocenters. The van der Waals surface area contributed by atoms with Crippen molar-refractivity contribution in [3.8, 4) is 0 Å². The summed E-state index contributed by atoms with van der Waals surface area (Å²) in [7, 11) is 0. The molecule has 0 radical (unpaired) electrons. The van der Waals surface area contributed by atoms with Gasteiger partial charge in [-0.3, -0.25) is 9.59 Å². The van der Waals surface area contributed by atoms with E-state index in [0.717, 1.165) is 38.2 Å². The summed E-state index contributed by atoms with van der Waals surface area (Å²) in [5.41, 5.74) is 5.41. The van der Waals surface area contributed by atoms with Crippen LogP contribution in [0.1, 0.15) is 33.3 Å². The number of rotatable bonds is 3. The largest absolute Gasteiger partial charge is 0.356 e. The molecule has 6 heteroatoms. The van der Waals surface area contributed by atoms with Crippen LogP contribution in [0.4, 0.5) is 0 Å². The van der Waals surface area contributed by atoms with Gasteiger partial charge in [0.25, 0.3) is 0 Å². The van der Waals surface area contributed by atoms with Gasteiger partial charge in [-0.15, -0.1) is 11.3 Å². The summed E-state index contributed by atoms with van der Waals surface area (Å²) in [6.45, 7) is 2.67. The van der Waals surface area contributed by atoms with Crippen molar-refractivity contribution in [1.29, 1.82) is 0 Å². The van der Waals surface area contributed by atoms with Gasteiger partial charge in [0, 0.05) is 27.9 Å². The summed E-state index contributed by atoms with van der Waals surface area (Å²) in [5.74, 6) is 0.0382. The molecule has 2 aliphatic heterocycles. The maximum absolute atomic E-state index is 13.7. The van der Waals surface area contributed by atoms with E-state index in [0.29, 0.717) is 13.0 Å². The molecule has 0 unspecified atom stereocenters. The van der Waals surface area contributed by atoms with Gasteiger partial charge in [0.05, 0.1) is 12.6 Å². The molecule has 1 fully saturated rings. The highest BCUT2D eigenvalue weighted by atomic mass is 32.1. The summed E-state index contributed by atoms with van der Waals surface area (Å²) in [4.78, 5) is 35.5. The average molecular weight is 442 g/mol. The molecule has 2 aliphatic rings. The van der Waals surface area contributed by atoms with E-state index >= 15 is 0 Å². The van der Waals surface area contributed by atoms with Crippen LogP contribution < -0.4 is 0 Å². The Labute approximate surface area is 190 Å². The molecule has 2 aromatic heterocycles. The first-order chi connectivity index (χ1) is 15.6. The minimum Gasteiger partial charge on any atom is -0.356 e. The Hall–Kier alpha value is -3.38. The number of thiophene rings is 1. The zero-order valence-corrected chi connectivity index (χ0v) is 18.6. The standard InChI is InChI=1S/C26H23N3O2S/c1-16-7-2-3-9-18(16)25-24-20(19-10-4-5-11-21(19)27-24)13-22-26(31)28(15-23(30)29(22)25)14-17-8-6-12-32-17/h2-12,22,25,27H,13-15H2,1H3/t22-,25-/m0/s1. The van der Waals surface area contributed by atoms with E-state index in [4.69, 9.17) is 0 Å². The van der Waals surface area contributed by atoms with E-state index in [-0.39, 0.29) is 24.4 Å². The predicted molar refractivity (Wildman–Crippen MR) is 125 cm³/mol. The zero-order valence-electron chi connectivity index (χ0n) is 17.7. The molecule has 32 heavy (non-hydrogen) atoms. The number of aromatic amines is 1. The fourth-order valence-electron chi connectivity index (χ4n) is 5.27. The number of aromatic nitrogens is 1. The van der Waals surface area contributed by atoms with Crippen molar-refractivity contribution in [2.45, 2.75) is 32.0 Å². The van der Waals surface area contributed by atoms with Crippen molar-refractivity contribution in [3.05, 3.63) is 93.3 Å². The van der Waals surface area contributed by atoms with Crippen LogP contribution in [0.25, 0.3) is 10.9 Å². The van der Waals surface area contributed by atoms with Crippen LogP contribution in [0.5, 0.6) is 0 Å². The van der Waals surface area contributed by atoms with E-state index in [2.05, 4.69) is 36.2 Å². The van der Waals surface area contributed by atoms with Crippen molar-refractivity contribution in [2.24, 2.45) is 0 Å². The summed E-state index contributed by atoms with van der Waals surface area (Å²) in [5, 5.41) is 3.14. The highest BCUT2D eigenvalue weighted by Crippen LogP contribution is 2.43. The first kappa shape index (κ1) is 19.3. The number of piperazine rings is 1. The average Bonchev–Trinajstić information content (AvgIpc) is 3.44. The summed E-state index contributed by atoms with van der Waals surface area (Å²) in [6.07, 6.45) is 0.535. The smallest absolute Gasteiger partial charge is 0.246 e. The Morgan fingerprint density at radius 3 is 2.66 bits per heavy atom. The number of carbonyl (C=O) groups is 2. The second-order valence-electron chi connectivity index (χ2n) is 8.62. The van der Waals surface area contributed by atoms with Gasteiger partial charge in [0.1, 0.15) is 12.6 Å². The van der Waals surface area contributed by atoms with E-state index < -0.39 is 6.04 Å². The molecular formula is C26H23N3O2S. The third-order valence-electron chi connectivity index (χ3n) is 6.75. The van der Waals surface area contributed by atoms with E-state index in [9.17, 15) is 9.59 Å². The minimum absolute atomic E-state index is 0.00344. The normalized spacial score (nSPS) is 20.5. The lowest BCUT2D eigenvalue weighted by Crippen LogP contribution is -2.62. The first-order valence-corrected chi connectivity index (χ1v) is 11.8. The molecule has 2 amide bonds.